The molecule has 4 nitrogen and oxygen atoms in total. The zero-order chi connectivity index (χ0) is 14.1. The number of rotatable bonds is 3. The lowest BCUT2D eigenvalue weighted by atomic mass is 10.0. The quantitative estimate of drug-likeness (QED) is 0.858. The zero-order valence-corrected chi connectivity index (χ0v) is 13.2. The highest BCUT2D eigenvalue weighted by molar-refractivity contribution is 7.13. The molecule has 3 heterocycles. The Morgan fingerprint density at radius 1 is 1.35 bits per heavy atom. The molecule has 1 amide bonds. The van der Waals surface area contributed by atoms with E-state index in [1.165, 1.54) is 19.4 Å². The average molecular weight is 293 g/mol. The van der Waals surface area contributed by atoms with Crippen molar-refractivity contribution < 1.29 is 4.79 Å². The standard InChI is InChI=1S/C15H23N3OS/c1-3-14-16-10-13(20-14)15(19)18-9-5-7-12(18)11-6-4-8-17(11)2/h10-12H,3-9H2,1-2H3/t11-,12+/m1/s1. The van der Waals surface area contributed by atoms with Crippen LogP contribution in [0.4, 0.5) is 0 Å². The summed E-state index contributed by atoms with van der Waals surface area (Å²) in [5, 5.41) is 1.06. The molecule has 2 atom stereocenters. The number of carbonyl (C=O) groups excluding carboxylic acids is 1. The van der Waals surface area contributed by atoms with Crippen molar-refractivity contribution in [3.05, 3.63) is 16.1 Å². The third kappa shape index (κ3) is 2.49. The van der Waals surface area contributed by atoms with Crippen molar-refractivity contribution in [1.82, 2.24) is 14.8 Å². The van der Waals surface area contributed by atoms with Crippen molar-refractivity contribution >= 4 is 17.2 Å². The minimum Gasteiger partial charge on any atom is -0.333 e. The molecule has 2 aliphatic rings. The average Bonchev–Trinajstić information content (AvgIpc) is 3.17. The largest absolute Gasteiger partial charge is 0.333 e. The Morgan fingerprint density at radius 3 is 2.75 bits per heavy atom. The molecule has 2 fully saturated rings. The zero-order valence-electron chi connectivity index (χ0n) is 12.3. The van der Waals surface area contributed by atoms with E-state index in [0.717, 1.165) is 35.7 Å². The normalized spacial score (nSPS) is 27.4. The molecule has 0 aromatic carbocycles. The first-order valence-electron chi connectivity index (χ1n) is 7.66. The number of hydrogen-bond donors (Lipinski definition) is 0. The van der Waals surface area contributed by atoms with E-state index in [4.69, 9.17) is 0 Å². The van der Waals surface area contributed by atoms with Gasteiger partial charge in [-0.3, -0.25) is 4.79 Å². The predicted molar refractivity (Wildman–Crippen MR) is 81.2 cm³/mol. The number of aromatic nitrogens is 1. The van der Waals surface area contributed by atoms with Gasteiger partial charge in [0.05, 0.1) is 11.2 Å². The molecule has 0 unspecified atom stereocenters. The van der Waals surface area contributed by atoms with Crippen molar-refractivity contribution in [2.45, 2.75) is 51.1 Å². The number of amides is 1. The van der Waals surface area contributed by atoms with Gasteiger partial charge in [0.25, 0.3) is 5.91 Å². The van der Waals surface area contributed by atoms with Gasteiger partial charge in [0.15, 0.2) is 0 Å². The van der Waals surface area contributed by atoms with Gasteiger partial charge in [-0.2, -0.15) is 0 Å². The molecule has 2 saturated heterocycles. The first-order chi connectivity index (χ1) is 9.70. The molecule has 0 spiro atoms. The molecule has 1 aromatic heterocycles. The lowest BCUT2D eigenvalue weighted by Crippen LogP contribution is -2.46. The lowest BCUT2D eigenvalue weighted by Gasteiger charge is -2.33. The second kappa shape index (κ2) is 5.82. The van der Waals surface area contributed by atoms with Crippen LogP contribution in [-0.4, -0.2) is 52.9 Å². The van der Waals surface area contributed by atoms with Gasteiger partial charge in [0, 0.05) is 18.6 Å². The van der Waals surface area contributed by atoms with Gasteiger partial charge in [-0.05, 0) is 45.7 Å². The highest BCUT2D eigenvalue weighted by Crippen LogP contribution is 2.30. The highest BCUT2D eigenvalue weighted by atomic mass is 32.1. The smallest absolute Gasteiger partial charge is 0.265 e. The summed E-state index contributed by atoms with van der Waals surface area (Å²) >= 11 is 1.56. The number of hydrogen-bond acceptors (Lipinski definition) is 4. The molecule has 3 rings (SSSR count). The van der Waals surface area contributed by atoms with Crippen LogP contribution in [0.5, 0.6) is 0 Å². The van der Waals surface area contributed by atoms with E-state index in [0.29, 0.717) is 12.1 Å². The van der Waals surface area contributed by atoms with Gasteiger partial charge >= 0.3 is 0 Å². The first-order valence-corrected chi connectivity index (χ1v) is 8.48. The van der Waals surface area contributed by atoms with Crippen LogP contribution in [0.2, 0.25) is 0 Å². The minimum absolute atomic E-state index is 0.199. The molecule has 0 saturated carbocycles. The summed E-state index contributed by atoms with van der Waals surface area (Å²) in [5.41, 5.74) is 0. The Hall–Kier alpha value is -0.940. The first kappa shape index (κ1) is 14.0. The summed E-state index contributed by atoms with van der Waals surface area (Å²) in [6.45, 7) is 4.16. The number of carbonyl (C=O) groups is 1. The van der Waals surface area contributed by atoms with Gasteiger partial charge in [-0.1, -0.05) is 6.92 Å². The fraction of sp³-hybridized carbons (Fsp3) is 0.733. The fourth-order valence-electron chi connectivity index (χ4n) is 3.58. The van der Waals surface area contributed by atoms with Crippen LogP contribution in [0.3, 0.4) is 0 Å². The number of likely N-dealkylation sites (N-methyl/N-ethyl adjacent to an activating group) is 1. The summed E-state index contributed by atoms with van der Waals surface area (Å²) in [5.74, 6) is 0.199. The SMILES string of the molecule is CCc1ncc(C(=O)N2CCC[C@H]2[C@H]2CCCN2C)s1. The Labute approximate surface area is 124 Å². The van der Waals surface area contributed by atoms with Gasteiger partial charge in [-0.15, -0.1) is 11.3 Å². The molecule has 5 heteroatoms. The maximum atomic E-state index is 12.7. The minimum atomic E-state index is 0.199. The van der Waals surface area contributed by atoms with E-state index in [1.54, 1.807) is 17.5 Å². The van der Waals surface area contributed by atoms with Crippen LogP contribution in [0.15, 0.2) is 6.20 Å². The Kier molecular flexibility index (Phi) is 4.08. The summed E-state index contributed by atoms with van der Waals surface area (Å²) < 4.78 is 0. The van der Waals surface area contributed by atoms with E-state index in [-0.39, 0.29) is 5.91 Å². The second-order valence-electron chi connectivity index (χ2n) is 5.87. The van der Waals surface area contributed by atoms with Gasteiger partial charge < -0.3 is 9.80 Å². The maximum Gasteiger partial charge on any atom is 0.265 e. The molecule has 110 valence electrons. The van der Waals surface area contributed by atoms with Crippen LogP contribution in [0.1, 0.15) is 47.3 Å². The molecule has 2 aliphatic heterocycles. The van der Waals surface area contributed by atoms with Crippen molar-refractivity contribution in [3.8, 4) is 0 Å². The molecule has 1 aromatic rings. The summed E-state index contributed by atoms with van der Waals surface area (Å²) in [6, 6.07) is 0.960. The summed E-state index contributed by atoms with van der Waals surface area (Å²) in [7, 11) is 2.19. The Balaban J connectivity index is 1.76. The van der Waals surface area contributed by atoms with E-state index >= 15 is 0 Å². The van der Waals surface area contributed by atoms with Crippen molar-refractivity contribution in [3.63, 3.8) is 0 Å². The molecule has 0 aliphatic carbocycles. The number of aryl methyl sites for hydroxylation is 1. The third-order valence-corrected chi connectivity index (χ3v) is 5.78. The van der Waals surface area contributed by atoms with Crippen LogP contribution in [0, 0.1) is 0 Å². The molecule has 0 radical (unpaired) electrons. The molecule has 0 bridgehead atoms. The third-order valence-electron chi connectivity index (χ3n) is 4.65. The second-order valence-corrected chi connectivity index (χ2v) is 6.99. The van der Waals surface area contributed by atoms with Crippen molar-refractivity contribution in [2.75, 3.05) is 20.1 Å². The number of thiazole rings is 1. The maximum absolute atomic E-state index is 12.7. The van der Waals surface area contributed by atoms with E-state index in [1.807, 2.05) is 0 Å². The number of nitrogens with zero attached hydrogens (tertiary/aromatic N) is 3. The predicted octanol–water partition coefficient (Wildman–Crippen LogP) is 2.40. The summed E-state index contributed by atoms with van der Waals surface area (Å²) in [6.07, 6.45) is 7.46. The molecule has 20 heavy (non-hydrogen) atoms. The van der Waals surface area contributed by atoms with Crippen molar-refractivity contribution in [1.29, 1.82) is 0 Å². The van der Waals surface area contributed by atoms with Crippen LogP contribution in [0.25, 0.3) is 0 Å². The van der Waals surface area contributed by atoms with Crippen LogP contribution in [-0.2, 0) is 6.42 Å². The van der Waals surface area contributed by atoms with E-state index in [2.05, 4.69) is 28.8 Å². The van der Waals surface area contributed by atoms with Crippen molar-refractivity contribution in [2.24, 2.45) is 0 Å². The summed E-state index contributed by atoms with van der Waals surface area (Å²) in [4.78, 5) is 22.4. The van der Waals surface area contributed by atoms with Gasteiger partial charge in [0.1, 0.15) is 4.88 Å². The number of likely N-dealkylation sites (tertiary alicyclic amines) is 2. The molecular formula is C15H23N3OS. The van der Waals surface area contributed by atoms with Crippen LogP contribution >= 0.6 is 11.3 Å². The monoisotopic (exact) mass is 293 g/mol. The lowest BCUT2D eigenvalue weighted by molar-refractivity contribution is 0.0669. The van der Waals surface area contributed by atoms with Gasteiger partial charge in [-0.25, -0.2) is 4.98 Å². The topological polar surface area (TPSA) is 36.4 Å². The Morgan fingerprint density at radius 2 is 2.10 bits per heavy atom. The van der Waals surface area contributed by atoms with Gasteiger partial charge in [0.2, 0.25) is 0 Å². The van der Waals surface area contributed by atoms with E-state index in [9.17, 15) is 4.79 Å². The molecular weight excluding hydrogens is 270 g/mol. The highest BCUT2D eigenvalue weighted by Gasteiger charge is 2.38. The molecule has 0 N–H and O–H groups in total. The van der Waals surface area contributed by atoms with E-state index < -0.39 is 0 Å². The Bertz CT molecular complexity index is 487. The fourth-order valence-corrected chi connectivity index (χ4v) is 4.39. The van der Waals surface area contributed by atoms with Crippen LogP contribution < -0.4 is 0 Å².